The molecule has 0 spiro atoms. The molecule has 0 unspecified atom stereocenters. The van der Waals surface area contributed by atoms with E-state index in [2.05, 4.69) is 28.0 Å². The van der Waals surface area contributed by atoms with Gasteiger partial charge in [0.25, 0.3) is 0 Å². The van der Waals surface area contributed by atoms with E-state index in [1.807, 2.05) is 0 Å². The third kappa shape index (κ3) is 2.82. The largest absolute Gasteiger partial charge is 0.288 e. The lowest BCUT2D eigenvalue weighted by Gasteiger charge is -2.02. The maximum absolute atomic E-state index is 12.3. The summed E-state index contributed by atoms with van der Waals surface area (Å²) in [6, 6.07) is 5.13. The van der Waals surface area contributed by atoms with Gasteiger partial charge in [0.2, 0.25) is 0 Å². The summed E-state index contributed by atoms with van der Waals surface area (Å²) in [5.74, 6) is -0.0547. The Bertz CT molecular complexity index is 580. The van der Waals surface area contributed by atoms with Crippen LogP contribution in [0.2, 0.25) is 5.02 Å². The molecule has 0 atom stereocenters. The van der Waals surface area contributed by atoms with Gasteiger partial charge >= 0.3 is 0 Å². The fourth-order valence-corrected chi connectivity index (χ4v) is 2.52. The second-order valence-electron chi connectivity index (χ2n) is 3.95. The molecule has 0 radical (unpaired) electrons. The highest BCUT2D eigenvalue weighted by molar-refractivity contribution is 9.10. The Kier molecular flexibility index (Phi) is 4.19. The Balaban J connectivity index is 2.29. The Morgan fingerprint density at radius 1 is 1.50 bits per heavy atom. The van der Waals surface area contributed by atoms with Gasteiger partial charge in [-0.1, -0.05) is 18.5 Å². The van der Waals surface area contributed by atoms with Crippen LogP contribution in [0.4, 0.5) is 0 Å². The highest BCUT2D eigenvalue weighted by Gasteiger charge is 2.14. The minimum absolute atomic E-state index is 0.0547. The first-order valence-corrected chi connectivity index (χ1v) is 6.81. The number of hydrogen-bond donors (Lipinski definition) is 0. The predicted octanol–water partition coefficient (Wildman–Crippen LogP) is 3.94. The van der Waals surface area contributed by atoms with Crippen LogP contribution >= 0.6 is 27.5 Å². The van der Waals surface area contributed by atoms with E-state index in [1.165, 1.54) is 0 Å². The Labute approximate surface area is 119 Å². The second kappa shape index (κ2) is 5.67. The molecule has 0 N–H and O–H groups in total. The summed E-state index contributed by atoms with van der Waals surface area (Å²) in [5.41, 5.74) is 1.18. The lowest BCUT2D eigenvalue weighted by molar-refractivity contribution is 0.103. The van der Waals surface area contributed by atoms with Crippen molar-refractivity contribution in [2.45, 2.75) is 19.9 Å². The van der Waals surface area contributed by atoms with Crippen LogP contribution in [0.15, 0.2) is 35.1 Å². The standard InChI is InChI=1S/C13H12BrClN2O/c1-2-5-17-8-9(7-16-17)13(18)11-4-3-10(15)6-12(11)14/h3-4,6-8H,2,5H2,1H3. The van der Waals surface area contributed by atoms with Crippen molar-refractivity contribution < 1.29 is 4.79 Å². The van der Waals surface area contributed by atoms with Crippen molar-refractivity contribution >= 4 is 33.3 Å². The zero-order valence-electron chi connectivity index (χ0n) is 9.86. The van der Waals surface area contributed by atoms with Gasteiger partial charge < -0.3 is 0 Å². The predicted molar refractivity (Wildman–Crippen MR) is 75.1 cm³/mol. The molecule has 1 aromatic heterocycles. The van der Waals surface area contributed by atoms with Gasteiger partial charge in [-0.25, -0.2) is 0 Å². The summed E-state index contributed by atoms with van der Waals surface area (Å²) in [7, 11) is 0. The maximum atomic E-state index is 12.3. The summed E-state index contributed by atoms with van der Waals surface area (Å²) >= 11 is 9.21. The minimum Gasteiger partial charge on any atom is -0.288 e. The topological polar surface area (TPSA) is 34.9 Å². The van der Waals surface area contributed by atoms with E-state index in [9.17, 15) is 4.79 Å². The quantitative estimate of drug-likeness (QED) is 0.797. The molecule has 3 nitrogen and oxygen atoms in total. The molecule has 18 heavy (non-hydrogen) atoms. The van der Waals surface area contributed by atoms with Gasteiger partial charge in [-0.2, -0.15) is 5.10 Å². The van der Waals surface area contributed by atoms with E-state index in [-0.39, 0.29) is 5.78 Å². The Morgan fingerprint density at radius 3 is 2.94 bits per heavy atom. The van der Waals surface area contributed by atoms with Crippen LogP contribution in [0.5, 0.6) is 0 Å². The van der Waals surface area contributed by atoms with Crippen LogP contribution in [0.1, 0.15) is 29.3 Å². The van der Waals surface area contributed by atoms with E-state index < -0.39 is 0 Å². The number of halogens is 2. The number of rotatable bonds is 4. The maximum Gasteiger partial charge on any atom is 0.197 e. The molecule has 0 aliphatic carbocycles. The SMILES string of the molecule is CCCn1cc(C(=O)c2ccc(Cl)cc2Br)cn1. The van der Waals surface area contributed by atoms with Crippen molar-refractivity contribution in [2.24, 2.45) is 0 Å². The number of ketones is 1. The smallest absolute Gasteiger partial charge is 0.197 e. The second-order valence-corrected chi connectivity index (χ2v) is 5.24. The molecule has 0 saturated carbocycles. The molecular formula is C13H12BrClN2O. The molecule has 0 saturated heterocycles. The first kappa shape index (κ1) is 13.3. The van der Waals surface area contributed by atoms with Gasteiger partial charge in [0.05, 0.1) is 11.8 Å². The van der Waals surface area contributed by atoms with Gasteiger partial charge in [-0.05, 0) is 40.5 Å². The fourth-order valence-electron chi connectivity index (χ4n) is 1.66. The summed E-state index contributed by atoms with van der Waals surface area (Å²) in [5, 5.41) is 4.75. The lowest BCUT2D eigenvalue weighted by Crippen LogP contribution is -2.01. The first-order chi connectivity index (χ1) is 8.61. The monoisotopic (exact) mass is 326 g/mol. The van der Waals surface area contributed by atoms with E-state index in [0.717, 1.165) is 13.0 Å². The number of aromatic nitrogens is 2. The molecule has 5 heteroatoms. The number of nitrogens with zero attached hydrogens (tertiary/aromatic N) is 2. The molecule has 0 fully saturated rings. The summed E-state index contributed by atoms with van der Waals surface area (Å²) in [4.78, 5) is 12.3. The van der Waals surface area contributed by atoms with Gasteiger partial charge in [-0.3, -0.25) is 9.48 Å². The highest BCUT2D eigenvalue weighted by Crippen LogP contribution is 2.23. The fraction of sp³-hybridized carbons (Fsp3) is 0.231. The van der Waals surface area contributed by atoms with Crippen LogP contribution in [-0.4, -0.2) is 15.6 Å². The Morgan fingerprint density at radius 2 is 2.28 bits per heavy atom. The van der Waals surface area contributed by atoms with Crippen LogP contribution in [0.25, 0.3) is 0 Å². The number of carbonyl (C=O) groups is 1. The Hall–Kier alpha value is -1.13. The average molecular weight is 328 g/mol. The average Bonchev–Trinajstić information content (AvgIpc) is 2.77. The highest BCUT2D eigenvalue weighted by atomic mass is 79.9. The van der Waals surface area contributed by atoms with Gasteiger partial charge in [0.15, 0.2) is 5.78 Å². The lowest BCUT2D eigenvalue weighted by atomic mass is 10.1. The summed E-state index contributed by atoms with van der Waals surface area (Å²) in [6.07, 6.45) is 4.35. The van der Waals surface area contributed by atoms with E-state index in [1.54, 1.807) is 35.3 Å². The summed E-state index contributed by atoms with van der Waals surface area (Å²) < 4.78 is 2.47. The first-order valence-electron chi connectivity index (χ1n) is 5.64. The van der Waals surface area contributed by atoms with Crippen molar-refractivity contribution in [2.75, 3.05) is 0 Å². The molecule has 94 valence electrons. The molecule has 2 aromatic rings. The zero-order valence-corrected chi connectivity index (χ0v) is 12.2. The normalized spacial score (nSPS) is 10.6. The number of hydrogen-bond acceptors (Lipinski definition) is 2. The van der Waals surface area contributed by atoms with Crippen LogP contribution in [-0.2, 0) is 6.54 Å². The van der Waals surface area contributed by atoms with Crippen molar-refractivity contribution in [1.82, 2.24) is 9.78 Å². The third-order valence-electron chi connectivity index (χ3n) is 2.52. The number of aryl methyl sites for hydroxylation is 1. The van der Waals surface area contributed by atoms with Crippen LogP contribution in [0.3, 0.4) is 0 Å². The molecule has 0 amide bonds. The van der Waals surface area contributed by atoms with Crippen molar-refractivity contribution in [1.29, 1.82) is 0 Å². The van der Waals surface area contributed by atoms with Gasteiger partial charge in [0.1, 0.15) is 0 Å². The molecule has 0 bridgehead atoms. The van der Waals surface area contributed by atoms with E-state index in [4.69, 9.17) is 11.6 Å². The van der Waals surface area contributed by atoms with Crippen molar-refractivity contribution in [3.8, 4) is 0 Å². The minimum atomic E-state index is -0.0547. The molecular weight excluding hydrogens is 316 g/mol. The van der Waals surface area contributed by atoms with Gasteiger partial charge in [-0.15, -0.1) is 0 Å². The molecule has 1 heterocycles. The van der Waals surface area contributed by atoms with Crippen LogP contribution in [0, 0.1) is 0 Å². The summed E-state index contributed by atoms with van der Waals surface area (Å²) in [6.45, 7) is 2.88. The molecule has 2 rings (SSSR count). The molecule has 1 aromatic carbocycles. The zero-order chi connectivity index (χ0) is 13.1. The number of benzene rings is 1. The molecule has 0 aliphatic rings. The van der Waals surface area contributed by atoms with Crippen molar-refractivity contribution in [3.05, 3.63) is 51.2 Å². The van der Waals surface area contributed by atoms with E-state index >= 15 is 0 Å². The van der Waals surface area contributed by atoms with Gasteiger partial charge in [0, 0.05) is 27.8 Å². The van der Waals surface area contributed by atoms with Crippen molar-refractivity contribution in [3.63, 3.8) is 0 Å². The molecule has 0 aliphatic heterocycles. The number of carbonyl (C=O) groups excluding carboxylic acids is 1. The van der Waals surface area contributed by atoms with Crippen LogP contribution < -0.4 is 0 Å². The van der Waals surface area contributed by atoms with E-state index in [0.29, 0.717) is 20.6 Å². The third-order valence-corrected chi connectivity index (χ3v) is 3.42.